The summed E-state index contributed by atoms with van der Waals surface area (Å²) >= 11 is 0. The highest BCUT2D eigenvalue weighted by Gasteiger charge is 2.28. The number of para-hydroxylation sites is 2. The van der Waals surface area contributed by atoms with Crippen molar-refractivity contribution in [3.63, 3.8) is 0 Å². The van der Waals surface area contributed by atoms with E-state index in [9.17, 15) is 9.18 Å². The summed E-state index contributed by atoms with van der Waals surface area (Å²) in [5, 5.41) is 3.09. The van der Waals surface area contributed by atoms with Crippen molar-refractivity contribution >= 4 is 11.7 Å². The van der Waals surface area contributed by atoms with E-state index in [0.29, 0.717) is 11.3 Å². The van der Waals surface area contributed by atoms with Gasteiger partial charge < -0.3 is 10.1 Å². The highest BCUT2D eigenvalue weighted by atomic mass is 19.1. The van der Waals surface area contributed by atoms with Crippen LogP contribution in [-0.2, 0) is 4.79 Å². The molecule has 18 heavy (non-hydrogen) atoms. The van der Waals surface area contributed by atoms with Gasteiger partial charge in [0, 0.05) is 0 Å². The quantitative estimate of drug-likeness (QED) is 0.618. The largest absolute Gasteiger partial charge is 0.423 e. The molecule has 1 aliphatic heterocycles. The van der Waals surface area contributed by atoms with Crippen LogP contribution in [0, 0.1) is 5.82 Å². The first-order chi connectivity index (χ1) is 8.74. The first-order valence-electron chi connectivity index (χ1n) is 5.57. The fraction of sp³-hybridized carbons (Fsp3) is 0.0714. The average molecular weight is 243 g/mol. The van der Waals surface area contributed by atoms with Gasteiger partial charge in [0.25, 0.3) is 0 Å². The highest BCUT2D eigenvalue weighted by Crippen LogP contribution is 2.33. The van der Waals surface area contributed by atoms with Crippen molar-refractivity contribution in [1.29, 1.82) is 0 Å². The summed E-state index contributed by atoms with van der Waals surface area (Å²) in [6, 6.07) is 12.4. The predicted molar refractivity (Wildman–Crippen MR) is 64.8 cm³/mol. The van der Waals surface area contributed by atoms with Crippen LogP contribution < -0.4 is 10.1 Å². The van der Waals surface area contributed by atoms with E-state index in [-0.39, 0.29) is 11.8 Å². The Hall–Kier alpha value is -2.36. The Balaban J connectivity index is 1.95. The van der Waals surface area contributed by atoms with E-state index in [4.69, 9.17) is 4.74 Å². The molecule has 0 spiro atoms. The number of hydrogen-bond donors (Lipinski definition) is 1. The van der Waals surface area contributed by atoms with E-state index in [1.54, 1.807) is 24.3 Å². The summed E-state index contributed by atoms with van der Waals surface area (Å²) in [6.45, 7) is 0. The van der Waals surface area contributed by atoms with Crippen LogP contribution in [0.3, 0.4) is 0 Å². The molecule has 2 aromatic rings. The van der Waals surface area contributed by atoms with Crippen LogP contribution in [0.5, 0.6) is 5.75 Å². The zero-order chi connectivity index (χ0) is 12.5. The van der Waals surface area contributed by atoms with Gasteiger partial charge in [-0.25, -0.2) is 9.18 Å². The summed E-state index contributed by atoms with van der Waals surface area (Å²) < 4.78 is 18.1. The van der Waals surface area contributed by atoms with Crippen molar-refractivity contribution in [2.24, 2.45) is 0 Å². The van der Waals surface area contributed by atoms with Crippen molar-refractivity contribution in [2.45, 2.75) is 6.04 Å². The van der Waals surface area contributed by atoms with Crippen molar-refractivity contribution in [3.8, 4) is 5.75 Å². The van der Waals surface area contributed by atoms with E-state index in [1.807, 2.05) is 12.1 Å². The van der Waals surface area contributed by atoms with Gasteiger partial charge in [-0.1, -0.05) is 24.3 Å². The number of halogens is 1. The van der Waals surface area contributed by atoms with Crippen LogP contribution in [-0.4, -0.2) is 5.97 Å². The summed E-state index contributed by atoms with van der Waals surface area (Å²) in [6.07, 6.45) is 0. The predicted octanol–water partition coefficient (Wildman–Crippen LogP) is 2.90. The van der Waals surface area contributed by atoms with Crippen LogP contribution >= 0.6 is 0 Å². The van der Waals surface area contributed by atoms with Gasteiger partial charge in [-0.15, -0.1) is 0 Å². The number of anilines is 1. The second-order valence-corrected chi connectivity index (χ2v) is 4.05. The molecule has 0 aromatic heterocycles. The standard InChI is InChI=1S/C14H10FNO2/c15-10-7-5-9(6-8-10)13-14(17)18-12-4-2-1-3-11(12)16-13/h1-8,13,16H/t13-/m1/s1. The van der Waals surface area contributed by atoms with Gasteiger partial charge in [0.1, 0.15) is 5.82 Å². The van der Waals surface area contributed by atoms with Gasteiger partial charge >= 0.3 is 5.97 Å². The fourth-order valence-electron chi connectivity index (χ4n) is 1.93. The number of esters is 1. The third-order valence-corrected chi connectivity index (χ3v) is 2.84. The number of ether oxygens (including phenoxy) is 1. The summed E-state index contributed by atoms with van der Waals surface area (Å²) in [4.78, 5) is 11.9. The minimum absolute atomic E-state index is 0.330. The average Bonchev–Trinajstić information content (AvgIpc) is 2.39. The van der Waals surface area contributed by atoms with Crippen LogP contribution in [0.4, 0.5) is 10.1 Å². The summed E-state index contributed by atoms with van der Waals surface area (Å²) in [5.41, 5.74) is 1.43. The van der Waals surface area contributed by atoms with Gasteiger partial charge in [-0.2, -0.15) is 0 Å². The Bertz CT molecular complexity index is 595. The second-order valence-electron chi connectivity index (χ2n) is 4.05. The molecule has 0 aliphatic carbocycles. The number of nitrogens with one attached hydrogen (secondary N) is 1. The molecule has 1 heterocycles. The van der Waals surface area contributed by atoms with Crippen molar-refractivity contribution < 1.29 is 13.9 Å². The molecule has 0 unspecified atom stereocenters. The Morgan fingerprint density at radius 3 is 2.56 bits per heavy atom. The first kappa shape index (κ1) is 10.8. The highest BCUT2D eigenvalue weighted by molar-refractivity contribution is 5.87. The molecule has 90 valence electrons. The lowest BCUT2D eigenvalue weighted by Crippen LogP contribution is -2.29. The van der Waals surface area contributed by atoms with E-state index < -0.39 is 6.04 Å². The molecule has 0 saturated heterocycles. The van der Waals surface area contributed by atoms with E-state index in [0.717, 1.165) is 5.69 Å². The fourth-order valence-corrected chi connectivity index (χ4v) is 1.93. The van der Waals surface area contributed by atoms with E-state index in [1.165, 1.54) is 12.1 Å². The summed E-state index contributed by atoms with van der Waals surface area (Å²) in [5.74, 6) is -0.204. The maximum absolute atomic E-state index is 12.9. The Morgan fingerprint density at radius 1 is 1.06 bits per heavy atom. The molecular formula is C14H10FNO2. The third-order valence-electron chi connectivity index (χ3n) is 2.84. The Labute approximate surface area is 103 Å². The molecule has 1 N–H and O–H groups in total. The topological polar surface area (TPSA) is 38.3 Å². The number of hydrogen-bond acceptors (Lipinski definition) is 3. The van der Waals surface area contributed by atoms with Crippen LogP contribution in [0.25, 0.3) is 0 Å². The summed E-state index contributed by atoms with van der Waals surface area (Å²) in [7, 11) is 0. The zero-order valence-corrected chi connectivity index (χ0v) is 9.39. The molecule has 3 nitrogen and oxygen atoms in total. The number of carbonyl (C=O) groups excluding carboxylic acids is 1. The van der Waals surface area contributed by atoms with Crippen LogP contribution in [0.1, 0.15) is 11.6 Å². The number of rotatable bonds is 1. The zero-order valence-electron chi connectivity index (χ0n) is 9.39. The molecule has 4 heteroatoms. The monoisotopic (exact) mass is 243 g/mol. The molecule has 1 aliphatic rings. The minimum atomic E-state index is -0.597. The van der Waals surface area contributed by atoms with Crippen molar-refractivity contribution in [1.82, 2.24) is 0 Å². The van der Waals surface area contributed by atoms with E-state index >= 15 is 0 Å². The van der Waals surface area contributed by atoms with Crippen LogP contribution in [0.2, 0.25) is 0 Å². The SMILES string of the molecule is O=C1Oc2ccccc2N[C@@H]1c1ccc(F)cc1. The van der Waals surface area contributed by atoms with Crippen molar-refractivity contribution in [3.05, 3.63) is 59.9 Å². The van der Waals surface area contributed by atoms with Gasteiger partial charge in [0.15, 0.2) is 11.8 Å². The van der Waals surface area contributed by atoms with Gasteiger partial charge in [0.2, 0.25) is 0 Å². The molecule has 0 radical (unpaired) electrons. The van der Waals surface area contributed by atoms with Gasteiger partial charge in [-0.05, 0) is 29.8 Å². The first-order valence-corrected chi connectivity index (χ1v) is 5.57. The molecular weight excluding hydrogens is 233 g/mol. The number of fused-ring (bicyclic) bond motifs is 1. The molecule has 0 saturated carbocycles. The maximum atomic E-state index is 12.9. The van der Waals surface area contributed by atoms with Crippen molar-refractivity contribution in [2.75, 3.05) is 5.32 Å². The number of benzene rings is 2. The number of carbonyl (C=O) groups is 1. The maximum Gasteiger partial charge on any atom is 0.338 e. The molecule has 0 fully saturated rings. The minimum Gasteiger partial charge on any atom is -0.423 e. The smallest absolute Gasteiger partial charge is 0.338 e. The second kappa shape index (κ2) is 4.14. The molecule has 3 rings (SSSR count). The molecule has 2 aromatic carbocycles. The van der Waals surface area contributed by atoms with Gasteiger partial charge in [0.05, 0.1) is 5.69 Å². The molecule has 0 bridgehead atoms. The third kappa shape index (κ3) is 1.82. The molecule has 1 atom stereocenters. The van der Waals surface area contributed by atoms with E-state index in [2.05, 4.69) is 5.32 Å². The normalized spacial score (nSPS) is 17.6. The lowest BCUT2D eigenvalue weighted by Gasteiger charge is -2.25. The van der Waals surface area contributed by atoms with Gasteiger partial charge in [-0.3, -0.25) is 0 Å². The van der Waals surface area contributed by atoms with Crippen LogP contribution in [0.15, 0.2) is 48.5 Å². The lowest BCUT2D eigenvalue weighted by molar-refractivity contribution is -0.136. The Morgan fingerprint density at radius 2 is 1.78 bits per heavy atom. The lowest BCUT2D eigenvalue weighted by atomic mass is 10.1. The Kier molecular flexibility index (Phi) is 2.48. The molecule has 0 amide bonds.